The van der Waals surface area contributed by atoms with E-state index in [1.54, 1.807) is 6.07 Å². The number of anilines is 1. The highest BCUT2D eigenvalue weighted by Gasteiger charge is 2.16. The van der Waals surface area contributed by atoms with Crippen LogP contribution < -0.4 is 5.32 Å². The number of nitro benzene ring substituents is 1. The van der Waals surface area contributed by atoms with Crippen molar-refractivity contribution in [1.29, 1.82) is 5.26 Å². The van der Waals surface area contributed by atoms with Gasteiger partial charge in [0.1, 0.15) is 11.6 Å². The molecule has 0 aliphatic carbocycles. The summed E-state index contributed by atoms with van der Waals surface area (Å²) in [6.07, 6.45) is 0.845. The molecule has 5 heteroatoms. The van der Waals surface area contributed by atoms with Gasteiger partial charge in [-0.3, -0.25) is 10.1 Å². The molecule has 5 nitrogen and oxygen atoms in total. The predicted molar refractivity (Wildman–Crippen MR) is 80.9 cm³/mol. The first kappa shape index (κ1) is 14.5. The molecule has 0 radical (unpaired) electrons. The van der Waals surface area contributed by atoms with E-state index in [0.717, 1.165) is 12.0 Å². The fourth-order valence-corrected chi connectivity index (χ4v) is 2.17. The third kappa shape index (κ3) is 3.37. The number of nitriles is 1. The topological polar surface area (TPSA) is 79.0 Å². The highest BCUT2D eigenvalue weighted by atomic mass is 16.6. The van der Waals surface area contributed by atoms with Gasteiger partial charge in [-0.15, -0.1) is 0 Å². The van der Waals surface area contributed by atoms with Crippen LogP contribution in [0, 0.1) is 21.4 Å². The predicted octanol–water partition coefficient (Wildman–Crippen LogP) is 4.03. The van der Waals surface area contributed by atoms with Gasteiger partial charge in [0.15, 0.2) is 0 Å². The van der Waals surface area contributed by atoms with Gasteiger partial charge in [0.25, 0.3) is 5.69 Å². The Morgan fingerprint density at radius 3 is 2.57 bits per heavy atom. The summed E-state index contributed by atoms with van der Waals surface area (Å²) in [5.41, 5.74) is 1.65. The van der Waals surface area contributed by atoms with Gasteiger partial charge in [-0.2, -0.15) is 5.26 Å². The standard InChI is InChI=1S/C16H15N3O2/c1-2-15(12-6-4-3-5-7-12)18-14-9-8-13(11-17)16(10-14)19(20)21/h3-10,15,18H,2H2,1H3. The Morgan fingerprint density at radius 2 is 2.00 bits per heavy atom. The number of hydrogen-bond acceptors (Lipinski definition) is 4. The van der Waals surface area contributed by atoms with Crippen molar-refractivity contribution in [3.8, 4) is 6.07 Å². The SMILES string of the molecule is CCC(Nc1ccc(C#N)c([N+](=O)[O-])c1)c1ccccc1. The van der Waals surface area contributed by atoms with Crippen LogP contribution in [0.5, 0.6) is 0 Å². The van der Waals surface area contributed by atoms with Gasteiger partial charge in [0.05, 0.1) is 11.0 Å². The fraction of sp³-hybridized carbons (Fsp3) is 0.188. The number of rotatable bonds is 5. The quantitative estimate of drug-likeness (QED) is 0.662. The first-order valence-corrected chi connectivity index (χ1v) is 6.65. The second kappa shape index (κ2) is 6.53. The smallest absolute Gasteiger partial charge is 0.289 e. The molecule has 0 amide bonds. The van der Waals surface area contributed by atoms with Gasteiger partial charge in [-0.1, -0.05) is 37.3 Å². The highest BCUT2D eigenvalue weighted by Crippen LogP contribution is 2.27. The van der Waals surface area contributed by atoms with Gasteiger partial charge in [0, 0.05) is 11.8 Å². The molecule has 1 unspecified atom stereocenters. The average molecular weight is 281 g/mol. The molecule has 0 spiro atoms. The zero-order chi connectivity index (χ0) is 15.2. The fourth-order valence-electron chi connectivity index (χ4n) is 2.17. The molecule has 0 saturated heterocycles. The van der Waals surface area contributed by atoms with Crippen LogP contribution in [0.4, 0.5) is 11.4 Å². The second-order valence-electron chi connectivity index (χ2n) is 4.62. The normalized spacial score (nSPS) is 11.4. The summed E-state index contributed by atoms with van der Waals surface area (Å²) in [6.45, 7) is 2.04. The van der Waals surface area contributed by atoms with E-state index < -0.39 is 4.92 Å². The lowest BCUT2D eigenvalue weighted by atomic mass is 10.0. The van der Waals surface area contributed by atoms with E-state index in [1.807, 2.05) is 43.3 Å². The number of hydrogen-bond donors (Lipinski definition) is 1. The zero-order valence-corrected chi connectivity index (χ0v) is 11.6. The molecule has 0 heterocycles. The number of nitrogens with one attached hydrogen (secondary N) is 1. The van der Waals surface area contributed by atoms with E-state index in [0.29, 0.717) is 5.69 Å². The van der Waals surface area contributed by atoms with Crippen LogP contribution in [0.3, 0.4) is 0 Å². The Morgan fingerprint density at radius 1 is 1.29 bits per heavy atom. The van der Waals surface area contributed by atoms with Gasteiger partial charge in [-0.25, -0.2) is 0 Å². The van der Waals surface area contributed by atoms with Gasteiger partial charge in [0.2, 0.25) is 0 Å². The summed E-state index contributed by atoms with van der Waals surface area (Å²) < 4.78 is 0. The van der Waals surface area contributed by atoms with Gasteiger partial charge >= 0.3 is 0 Å². The van der Waals surface area contributed by atoms with E-state index in [2.05, 4.69) is 5.32 Å². The largest absolute Gasteiger partial charge is 0.378 e. The molecule has 0 aromatic heterocycles. The third-order valence-corrected chi connectivity index (χ3v) is 3.27. The van der Waals surface area contributed by atoms with Crippen molar-refractivity contribution >= 4 is 11.4 Å². The Labute approximate surface area is 123 Å². The van der Waals surface area contributed by atoms with E-state index in [4.69, 9.17) is 5.26 Å². The number of nitrogens with zero attached hydrogens (tertiary/aromatic N) is 2. The number of benzene rings is 2. The summed E-state index contributed by atoms with van der Waals surface area (Å²) in [6, 6.07) is 16.4. The van der Waals surface area contributed by atoms with Crippen LogP contribution >= 0.6 is 0 Å². The molecule has 2 aromatic carbocycles. The first-order chi connectivity index (χ1) is 10.2. The summed E-state index contributed by atoms with van der Waals surface area (Å²) in [7, 11) is 0. The molecule has 1 atom stereocenters. The maximum atomic E-state index is 11.0. The van der Waals surface area contributed by atoms with E-state index in [1.165, 1.54) is 12.1 Å². The minimum Gasteiger partial charge on any atom is -0.378 e. The Hall–Kier alpha value is -2.87. The first-order valence-electron chi connectivity index (χ1n) is 6.65. The van der Waals surface area contributed by atoms with E-state index in [9.17, 15) is 10.1 Å². The molecule has 2 aromatic rings. The van der Waals surface area contributed by atoms with Gasteiger partial charge in [-0.05, 0) is 24.1 Å². The molecular formula is C16H15N3O2. The lowest BCUT2D eigenvalue weighted by molar-refractivity contribution is -0.385. The molecule has 21 heavy (non-hydrogen) atoms. The summed E-state index contributed by atoms with van der Waals surface area (Å²) in [5.74, 6) is 0. The number of nitro groups is 1. The monoisotopic (exact) mass is 281 g/mol. The van der Waals surface area contributed by atoms with Crippen LogP contribution in [0.25, 0.3) is 0 Å². The average Bonchev–Trinajstić information content (AvgIpc) is 2.53. The lowest BCUT2D eigenvalue weighted by Crippen LogP contribution is -2.09. The zero-order valence-electron chi connectivity index (χ0n) is 11.6. The highest BCUT2D eigenvalue weighted by molar-refractivity contribution is 5.59. The van der Waals surface area contributed by atoms with Crippen molar-refractivity contribution in [3.63, 3.8) is 0 Å². The minimum atomic E-state index is -0.535. The van der Waals surface area contributed by atoms with Crippen LogP contribution in [0.1, 0.15) is 30.5 Å². The van der Waals surface area contributed by atoms with Crippen molar-refractivity contribution < 1.29 is 4.92 Å². The molecule has 106 valence electrons. The van der Waals surface area contributed by atoms with Crippen molar-refractivity contribution in [1.82, 2.24) is 0 Å². The Kier molecular flexibility index (Phi) is 4.52. The minimum absolute atomic E-state index is 0.0679. The molecule has 0 fully saturated rings. The molecule has 0 aliphatic heterocycles. The lowest BCUT2D eigenvalue weighted by Gasteiger charge is -2.18. The van der Waals surface area contributed by atoms with Crippen molar-refractivity contribution in [2.75, 3.05) is 5.32 Å². The van der Waals surface area contributed by atoms with E-state index in [-0.39, 0.29) is 17.3 Å². The molecule has 2 rings (SSSR count). The van der Waals surface area contributed by atoms with Crippen LogP contribution in [-0.2, 0) is 0 Å². The molecule has 0 saturated carbocycles. The summed E-state index contributed by atoms with van der Waals surface area (Å²) in [5, 5.41) is 23.2. The van der Waals surface area contributed by atoms with Crippen LogP contribution in [0.2, 0.25) is 0 Å². The molecule has 0 bridgehead atoms. The Balaban J connectivity index is 2.29. The maximum absolute atomic E-state index is 11.0. The molecule has 1 N–H and O–H groups in total. The Bertz CT molecular complexity index is 678. The van der Waals surface area contributed by atoms with Crippen LogP contribution in [-0.4, -0.2) is 4.92 Å². The second-order valence-corrected chi connectivity index (χ2v) is 4.62. The van der Waals surface area contributed by atoms with E-state index >= 15 is 0 Å². The summed E-state index contributed by atoms with van der Waals surface area (Å²) in [4.78, 5) is 10.5. The van der Waals surface area contributed by atoms with Crippen molar-refractivity contribution in [3.05, 3.63) is 69.8 Å². The van der Waals surface area contributed by atoms with Crippen LogP contribution in [0.15, 0.2) is 48.5 Å². The molecular weight excluding hydrogens is 266 g/mol. The van der Waals surface area contributed by atoms with Crippen molar-refractivity contribution in [2.24, 2.45) is 0 Å². The molecule has 0 aliphatic rings. The summed E-state index contributed by atoms with van der Waals surface area (Å²) >= 11 is 0. The van der Waals surface area contributed by atoms with Crippen molar-refractivity contribution in [2.45, 2.75) is 19.4 Å². The van der Waals surface area contributed by atoms with Gasteiger partial charge < -0.3 is 5.32 Å². The maximum Gasteiger partial charge on any atom is 0.289 e. The third-order valence-electron chi connectivity index (χ3n) is 3.27.